The Kier molecular flexibility index (Phi) is 3.96. The van der Waals surface area contributed by atoms with Gasteiger partial charge in [-0.2, -0.15) is 0 Å². The number of anilines is 1. The molecule has 0 bridgehead atoms. The van der Waals surface area contributed by atoms with E-state index in [4.69, 9.17) is 5.73 Å². The number of rotatable bonds is 4. The highest BCUT2D eigenvalue weighted by Gasteiger charge is 2.05. The van der Waals surface area contributed by atoms with Crippen LogP contribution >= 0.6 is 0 Å². The second kappa shape index (κ2) is 5.01. The van der Waals surface area contributed by atoms with E-state index in [-0.39, 0.29) is 0 Å². The van der Waals surface area contributed by atoms with Crippen LogP contribution in [0.3, 0.4) is 0 Å². The molecule has 1 aromatic rings. The Morgan fingerprint density at radius 1 is 1.29 bits per heavy atom. The third kappa shape index (κ3) is 2.48. The predicted molar refractivity (Wildman–Crippen MR) is 62.9 cm³/mol. The fourth-order valence-electron chi connectivity index (χ4n) is 1.76. The van der Waals surface area contributed by atoms with Gasteiger partial charge in [0.05, 0.1) is 0 Å². The molecule has 2 heteroatoms. The van der Waals surface area contributed by atoms with Crippen LogP contribution in [0.4, 0.5) is 5.69 Å². The van der Waals surface area contributed by atoms with Crippen molar-refractivity contribution >= 4 is 5.69 Å². The van der Waals surface area contributed by atoms with Crippen LogP contribution < -0.4 is 10.6 Å². The maximum Gasteiger partial charge on any atom is 0.0396 e. The van der Waals surface area contributed by atoms with Crippen molar-refractivity contribution in [2.75, 3.05) is 24.5 Å². The first-order valence-corrected chi connectivity index (χ1v) is 5.21. The number of hydrogen-bond acceptors (Lipinski definition) is 2. The highest BCUT2D eigenvalue weighted by atomic mass is 15.1. The van der Waals surface area contributed by atoms with E-state index in [0.717, 1.165) is 13.1 Å². The lowest BCUT2D eigenvalue weighted by Gasteiger charge is -2.24. The minimum absolute atomic E-state index is 0.709. The average Bonchev–Trinajstić information content (AvgIpc) is 2.15. The molecule has 78 valence electrons. The Balaban J connectivity index is 2.92. The number of hydrogen-bond donors (Lipinski definition) is 1. The lowest BCUT2D eigenvalue weighted by Crippen LogP contribution is -2.29. The molecular weight excluding hydrogens is 172 g/mol. The van der Waals surface area contributed by atoms with Crippen molar-refractivity contribution in [3.8, 4) is 0 Å². The van der Waals surface area contributed by atoms with Gasteiger partial charge in [0.15, 0.2) is 0 Å². The molecule has 1 rings (SSSR count). The van der Waals surface area contributed by atoms with Crippen molar-refractivity contribution in [3.05, 3.63) is 29.3 Å². The first-order chi connectivity index (χ1) is 6.69. The second-order valence-corrected chi connectivity index (χ2v) is 3.66. The van der Waals surface area contributed by atoms with Gasteiger partial charge in [-0.05, 0) is 32.4 Å². The quantitative estimate of drug-likeness (QED) is 0.791. The molecule has 0 heterocycles. The fourth-order valence-corrected chi connectivity index (χ4v) is 1.76. The summed E-state index contributed by atoms with van der Waals surface area (Å²) in [6.07, 6.45) is 0. The Bertz CT molecular complexity index is 294. The Hall–Kier alpha value is -1.02. The molecule has 14 heavy (non-hydrogen) atoms. The highest BCUT2D eigenvalue weighted by molar-refractivity contribution is 5.54. The molecule has 0 spiro atoms. The van der Waals surface area contributed by atoms with Crippen LogP contribution in [0.25, 0.3) is 0 Å². The molecule has 0 atom stereocenters. The molecule has 0 aromatic heterocycles. The van der Waals surface area contributed by atoms with Crippen molar-refractivity contribution in [2.24, 2.45) is 5.73 Å². The van der Waals surface area contributed by atoms with Crippen LogP contribution in [0.1, 0.15) is 18.1 Å². The fraction of sp³-hybridized carbons (Fsp3) is 0.500. The summed E-state index contributed by atoms with van der Waals surface area (Å²) in [6, 6.07) is 6.56. The summed E-state index contributed by atoms with van der Waals surface area (Å²) in [7, 11) is 0. The zero-order chi connectivity index (χ0) is 10.6. The van der Waals surface area contributed by atoms with Crippen LogP contribution in [0.15, 0.2) is 18.2 Å². The molecule has 0 saturated carbocycles. The topological polar surface area (TPSA) is 29.3 Å². The van der Waals surface area contributed by atoms with Crippen LogP contribution in [0, 0.1) is 13.8 Å². The number of likely N-dealkylation sites (N-methyl/N-ethyl adjacent to an activating group) is 1. The largest absolute Gasteiger partial charge is 0.370 e. The standard InChI is InChI=1S/C12H20N2/c1-4-14(8-7-13)12-6-5-10(2)9-11(12)3/h5-6,9H,4,7-8,13H2,1-3H3. The van der Waals surface area contributed by atoms with Gasteiger partial charge in [-0.25, -0.2) is 0 Å². The SMILES string of the molecule is CCN(CCN)c1ccc(C)cc1C. The van der Waals surface area contributed by atoms with Crippen molar-refractivity contribution in [2.45, 2.75) is 20.8 Å². The van der Waals surface area contributed by atoms with E-state index in [2.05, 4.69) is 43.9 Å². The van der Waals surface area contributed by atoms with Gasteiger partial charge in [-0.1, -0.05) is 17.7 Å². The molecule has 2 N–H and O–H groups in total. The first-order valence-electron chi connectivity index (χ1n) is 5.21. The van der Waals surface area contributed by atoms with E-state index in [1.54, 1.807) is 0 Å². The van der Waals surface area contributed by atoms with Gasteiger partial charge in [0.2, 0.25) is 0 Å². The van der Waals surface area contributed by atoms with Gasteiger partial charge >= 0.3 is 0 Å². The third-order valence-electron chi connectivity index (χ3n) is 2.47. The summed E-state index contributed by atoms with van der Waals surface area (Å²) < 4.78 is 0. The van der Waals surface area contributed by atoms with Crippen molar-refractivity contribution in [3.63, 3.8) is 0 Å². The average molecular weight is 192 g/mol. The maximum absolute atomic E-state index is 5.58. The van der Waals surface area contributed by atoms with E-state index in [1.807, 2.05) is 0 Å². The van der Waals surface area contributed by atoms with Gasteiger partial charge in [0.25, 0.3) is 0 Å². The number of aryl methyl sites for hydroxylation is 2. The van der Waals surface area contributed by atoms with E-state index in [0.29, 0.717) is 6.54 Å². The summed E-state index contributed by atoms with van der Waals surface area (Å²) in [5.74, 6) is 0. The molecule has 0 aliphatic carbocycles. The summed E-state index contributed by atoms with van der Waals surface area (Å²) in [6.45, 7) is 9.09. The molecule has 0 amide bonds. The van der Waals surface area contributed by atoms with Gasteiger partial charge in [0, 0.05) is 25.3 Å². The van der Waals surface area contributed by atoms with Crippen LogP contribution in [0.5, 0.6) is 0 Å². The van der Waals surface area contributed by atoms with Crippen molar-refractivity contribution in [1.29, 1.82) is 0 Å². The number of nitrogens with two attached hydrogens (primary N) is 1. The molecule has 0 radical (unpaired) electrons. The maximum atomic E-state index is 5.58. The third-order valence-corrected chi connectivity index (χ3v) is 2.47. The van der Waals surface area contributed by atoms with E-state index in [1.165, 1.54) is 16.8 Å². The smallest absolute Gasteiger partial charge is 0.0396 e. The van der Waals surface area contributed by atoms with Crippen molar-refractivity contribution < 1.29 is 0 Å². The predicted octanol–water partition coefficient (Wildman–Crippen LogP) is 2.09. The zero-order valence-corrected chi connectivity index (χ0v) is 9.38. The monoisotopic (exact) mass is 192 g/mol. The normalized spacial score (nSPS) is 10.3. The second-order valence-electron chi connectivity index (χ2n) is 3.66. The minimum atomic E-state index is 0.709. The lowest BCUT2D eigenvalue weighted by molar-refractivity contribution is 0.813. The molecule has 0 unspecified atom stereocenters. The summed E-state index contributed by atoms with van der Waals surface area (Å²) in [5, 5.41) is 0. The van der Waals surface area contributed by atoms with Crippen LogP contribution in [-0.4, -0.2) is 19.6 Å². The summed E-state index contributed by atoms with van der Waals surface area (Å²) in [4.78, 5) is 2.31. The zero-order valence-electron chi connectivity index (χ0n) is 9.38. The molecular formula is C12H20N2. The van der Waals surface area contributed by atoms with E-state index < -0.39 is 0 Å². The Morgan fingerprint density at radius 2 is 2.00 bits per heavy atom. The van der Waals surface area contributed by atoms with Gasteiger partial charge in [0.1, 0.15) is 0 Å². The van der Waals surface area contributed by atoms with Gasteiger partial charge in [-0.3, -0.25) is 0 Å². The van der Waals surface area contributed by atoms with Crippen LogP contribution in [-0.2, 0) is 0 Å². The first kappa shape index (κ1) is 11.1. The summed E-state index contributed by atoms with van der Waals surface area (Å²) in [5.41, 5.74) is 9.54. The van der Waals surface area contributed by atoms with Crippen LogP contribution in [0.2, 0.25) is 0 Å². The molecule has 2 nitrogen and oxygen atoms in total. The Morgan fingerprint density at radius 3 is 2.50 bits per heavy atom. The molecule has 1 aromatic carbocycles. The van der Waals surface area contributed by atoms with E-state index >= 15 is 0 Å². The van der Waals surface area contributed by atoms with Crippen molar-refractivity contribution in [1.82, 2.24) is 0 Å². The van der Waals surface area contributed by atoms with E-state index in [9.17, 15) is 0 Å². The molecule has 0 fully saturated rings. The molecule has 0 aliphatic rings. The molecule has 0 saturated heterocycles. The number of nitrogens with zero attached hydrogens (tertiary/aromatic N) is 1. The van der Waals surface area contributed by atoms with Gasteiger partial charge in [-0.15, -0.1) is 0 Å². The molecule has 0 aliphatic heterocycles. The minimum Gasteiger partial charge on any atom is -0.370 e. The number of benzene rings is 1. The summed E-state index contributed by atoms with van der Waals surface area (Å²) >= 11 is 0. The highest BCUT2D eigenvalue weighted by Crippen LogP contribution is 2.20. The lowest BCUT2D eigenvalue weighted by atomic mass is 10.1. The Labute approximate surface area is 86.7 Å². The van der Waals surface area contributed by atoms with Gasteiger partial charge < -0.3 is 10.6 Å².